The van der Waals surface area contributed by atoms with E-state index in [1.165, 1.54) is 17.9 Å². The van der Waals surface area contributed by atoms with Crippen molar-refractivity contribution in [3.8, 4) is 0 Å². The Morgan fingerprint density at radius 1 is 1.28 bits per heavy atom. The van der Waals surface area contributed by atoms with Gasteiger partial charge in [-0.1, -0.05) is 20.8 Å². The molecule has 4 aliphatic heterocycles. The summed E-state index contributed by atoms with van der Waals surface area (Å²) in [6.07, 6.45) is 6.75. The highest BCUT2D eigenvalue weighted by Crippen LogP contribution is 2.89. The first kappa shape index (κ1) is 19.6. The van der Waals surface area contributed by atoms with Crippen molar-refractivity contribution < 1.29 is 28.5 Å². The van der Waals surface area contributed by atoms with Gasteiger partial charge in [0.15, 0.2) is 6.10 Å². The van der Waals surface area contributed by atoms with Gasteiger partial charge in [-0.15, -0.1) is 0 Å². The zero-order valence-corrected chi connectivity index (χ0v) is 19.1. The van der Waals surface area contributed by atoms with Crippen molar-refractivity contribution in [3.05, 3.63) is 23.5 Å². The molecule has 172 valence electrons. The van der Waals surface area contributed by atoms with Crippen molar-refractivity contribution in [1.82, 2.24) is 5.32 Å². The van der Waals surface area contributed by atoms with Gasteiger partial charge in [-0.25, -0.2) is 4.79 Å². The van der Waals surface area contributed by atoms with E-state index >= 15 is 0 Å². The minimum atomic E-state index is -0.403. The molecule has 2 bridgehead atoms. The fourth-order valence-corrected chi connectivity index (χ4v) is 9.17. The van der Waals surface area contributed by atoms with Crippen molar-refractivity contribution in [2.24, 2.45) is 28.6 Å². The van der Waals surface area contributed by atoms with Gasteiger partial charge >= 0.3 is 5.97 Å². The number of fused-ring (bicyclic) bond motifs is 2. The number of epoxide rings is 1. The first-order valence-corrected chi connectivity index (χ1v) is 12.1. The third-order valence-corrected chi connectivity index (χ3v) is 10.5. The van der Waals surface area contributed by atoms with Gasteiger partial charge in [0, 0.05) is 36.5 Å². The fraction of sp³-hybridized carbons (Fsp3) is 0.760. The van der Waals surface area contributed by atoms with Gasteiger partial charge in [0.1, 0.15) is 17.8 Å². The predicted octanol–water partition coefficient (Wildman–Crippen LogP) is 2.26. The minimum absolute atomic E-state index is 0.0192. The maximum Gasteiger partial charge on any atom is 0.334 e. The van der Waals surface area contributed by atoms with Crippen LogP contribution in [0.15, 0.2) is 23.5 Å². The fourth-order valence-electron chi connectivity index (χ4n) is 9.17. The molecular weight excluding hydrogens is 410 g/mol. The topological polar surface area (TPSA) is 86.4 Å². The zero-order valence-electron chi connectivity index (χ0n) is 19.1. The molecule has 8 rings (SSSR count). The molecule has 4 aliphatic carbocycles. The molecule has 3 saturated heterocycles. The van der Waals surface area contributed by atoms with Gasteiger partial charge in [0.2, 0.25) is 5.91 Å². The third-order valence-electron chi connectivity index (χ3n) is 10.5. The molecule has 0 aromatic rings. The lowest BCUT2D eigenvalue weighted by Crippen LogP contribution is -2.80. The number of carbonyl (C=O) groups excluding carboxylic acids is 2. The molecule has 0 aromatic heterocycles. The van der Waals surface area contributed by atoms with Crippen LogP contribution < -0.4 is 5.32 Å². The first-order valence-electron chi connectivity index (χ1n) is 12.1. The molecule has 6 fully saturated rings. The van der Waals surface area contributed by atoms with E-state index in [-0.39, 0.29) is 58.5 Å². The summed E-state index contributed by atoms with van der Waals surface area (Å²) in [4.78, 5) is 24.1. The van der Waals surface area contributed by atoms with Crippen molar-refractivity contribution in [2.45, 2.75) is 76.0 Å². The van der Waals surface area contributed by atoms with Gasteiger partial charge in [0.25, 0.3) is 0 Å². The molecule has 2 spiro atoms. The van der Waals surface area contributed by atoms with Crippen LogP contribution in [0.3, 0.4) is 0 Å². The molecule has 8 aliphatic rings. The molecule has 1 amide bonds. The highest BCUT2D eigenvalue weighted by Gasteiger charge is 2.96. The number of amides is 1. The van der Waals surface area contributed by atoms with E-state index in [2.05, 4.69) is 26.1 Å². The molecule has 0 aromatic carbocycles. The molecule has 4 heterocycles. The first-order chi connectivity index (χ1) is 15.3. The summed E-state index contributed by atoms with van der Waals surface area (Å²) in [5.41, 5.74) is 1.34. The summed E-state index contributed by atoms with van der Waals surface area (Å²) in [6.45, 7) is 7.25. The molecule has 1 N–H and O–H groups in total. The van der Waals surface area contributed by atoms with Gasteiger partial charge < -0.3 is 24.3 Å². The van der Waals surface area contributed by atoms with E-state index in [0.29, 0.717) is 12.5 Å². The van der Waals surface area contributed by atoms with Crippen LogP contribution in [0.5, 0.6) is 0 Å². The lowest BCUT2D eigenvalue weighted by atomic mass is 9.40. The Bertz CT molecular complexity index is 1010. The minimum Gasteiger partial charge on any atom is -0.492 e. The van der Waals surface area contributed by atoms with E-state index in [9.17, 15) is 9.59 Å². The van der Waals surface area contributed by atoms with E-state index < -0.39 is 5.60 Å². The second-order valence-corrected chi connectivity index (χ2v) is 11.5. The molecule has 1 unspecified atom stereocenters. The normalized spacial score (nSPS) is 53.4. The van der Waals surface area contributed by atoms with Crippen LogP contribution in [-0.2, 0) is 28.5 Å². The smallest absolute Gasteiger partial charge is 0.334 e. The summed E-state index contributed by atoms with van der Waals surface area (Å²) < 4.78 is 25.4. The van der Waals surface area contributed by atoms with Crippen LogP contribution in [-0.4, -0.2) is 55.0 Å². The van der Waals surface area contributed by atoms with E-state index in [0.717, 1.165) is 31.3 Å². The number of likely N-dealkylation sites (N-methyl/N-ethyl adjacent to an activating group) is 1. The Morgan fingerprint density at radius 3 is 2.78 bits per heavy atom. The zero-order chi connectivity index (χ0) is 22.3. The molecule has 0 radical (unpaired) electrons. The second kappa shape index (κ2) is 5.61. The van der Waals surface area contributed by atoms with Crippen molar-refractivity contribution in [3.63, 3.8) is 0 Å². The van der Waals surface area contributed by atoms with Crippen LogP contribution in [0.1, 0.15) is 46.5 Å². The van der Waals surface area contributed by atoms with Gasteiger partial charge in [-0.3, -0.25) is 4.79 Å². The summed E-state index contributed by atoms with van der Waals surface area (Å²) in [5.74, 6) is 0.661. The highest BCUT2D eigenvalue weighted by atomic mass is 16.7. The van der Waals surface area contributed by atoms with E-state index in [1.54, 1.807) is 7.05 Å². The number of nitrogens with one attached hydrogen (secondary N) is 1. The SMILES string of the molecule is CNC(=O)/C=C/O[C@@H]1[C@@]2(C(C)C)O[C@H]2[C@@H]2C[C@@]23[C@@]2(C)CCC4=C(COC4=O)[C@@H]2C2C[C@@]13O2. The van der Waals surface area contributed by atoms with Crippen LogP contribution in [0.25, 0.3) is 0 Å². The van der Waals surface area contributed by atoms with Crippen molar-refractivity contribution >= 4 is 11.9 Å². The Hall–Kier alpha value is -1.86. The molecule has 7 nitrogen and oxygen atoms in total. The molecule has 32 heavy (non-hydrogen) atoms. The standard InChI is InChI=1S/C25H31NO6/c1-12(2)25-19(32-25)15-9-23(15)22(3)7-5-13-14(11-30-20(13)28)18(22)16-10-24(23,31-16)21(25)29-8-6-17(27)26-4/h6,8,12,15-16,18-19,21H,5,7,9-11H2,1-4H3,(H,26,27)/b8-6+/t15-,16?,18+,19-,21-,22-,23-,24+,25-/m0/s1. The number of esters is 1. The number of carbonyl (C=O) groups is 2. The molecular formula is C25H31NO6. The van der Waals surface area contributed by atoms with Crippen LogP contribution >= 0.6 is 0 Å². The number of hydrogen-bond donors (Lipinski definition) is 1. The quantitative estimate of drug-likeness (QED) is 0.312. The van der Waals surface area contributed by atoms with Gasteiger partial charge in [0.05, 0.1) is 18.5 Å². The predicted molar refractivity (Wildman–Crippen MR) is 112 cm³/mol. The van der Waals surface area contributed by atoms with Crippen LogP contribution in [0.2, 0.25) is 0 Å². The lowest BCUT2D eigenvalue weighted by molar-refractivity contribution is -0.379. The monoisotopic (exact) mass is 441 g/mol. The number of hydrogen-bond acceptors (Lipinski definition) is 6. The summed E-state index contributed by atoms with van der Waals surface area (Å²) in [5, 5.41) is 2.60. The molecule has 7 heteroatoms. The maximum absolute atomic E-state index is 12.3. The van der Waals surface area contributed by atoms with Crippen LogP contribution in [0.4, 0.5) is 0 Å². The number of ether oxygens (including phenoxy) is 4. The van der Waals surface area contributed by atoms with Crippen molar-refractivity contribution in [1.29, 1.82) is 0 Å². The summed E-state index contributed by atoms with van der Waals surface area (Å²) in [6, 6.07) is 0. The van der Waals surface area contributed by atoms with E-state index in [1.807, 2.05) is 0 Å². The Kier molecular flexibility index (Phi) is 3.43. The van der Waals surface area contributed by atoms with Gasteiger partial charge in [-0.05, 0) is 42.1 Å². The summed E-state index contributed by atoms with van der Waals surface area (Å²) >= 11 is 0. The van der Waals surface area contributed by atoms with Crippen molar-refractivity contribution in [2.75, 3.05) is 13.7 Å². The average molecular weight is 442 g/mol. The Balaban J connectivity index is 1.32. The van der Waals surface area contributed by atoms with Gasteiger partial charge in [-0.2, -0.15) is 0 Å². The largest absolute Gasteiger partial charge is 0.492 e. The molecule has 3 saturated carbocycles. The second-order valence-electron chi connectivity index (χ2n) is 11.5. The summed E-state index contributed by atoms with van der Waals surface area (Å²) in [7, 11) is 1.61. The number of rotatable bonds is 4. The lowest BCUT2D eigenvalue weighted by Gasteiger charge is -2.72. The Labute approximate surface area is 187 Å². The third kappa shape index (κ3) is 1.81. The Morgan fingerprint density at radius 2 is 2.06 bits per heavy atom. The molecule has 9 atom stereocenters. The van der Waals surface area contributed by atoms with E-state index in [4.69, 9.17) is 18.9 Å². The van der Waals surface area contributed by atoms with Crippen LogP contribution in [0, 0.1) is 28.6 Å². The highest BCUT2D eigenvalue weighted by molar-refractivity contribution is 5.92. The number of cyclic esters (lactones) is 1. The average Bonchev–Trinajstić information content (AvgIpc) is 3.61. The maximum atomic E-state index is 12.3.